The number of nitrogens with one attached hydrogen (secondary N) is 1. The van der Waals surface area contributed by atoms with Crippen LogP contribution >= 0.6 is 0 Å². The Hall–Kier alpha value is -1.63. The number of hydrogen-bond acceptors (Lipinski definition) is 5. The van der Waals surface area contributed by atoms with Crippen LogP contribution in [0.25, 0.3) is 0 Å². The summed E-state index contributed by atoms with van der Waals surface area (Å²) >= 11 is 0. The number of anilines is 1. The van der Waals surface area contributed by atoms with Gasteiger partial charge in [0.2, 0.25) is 5.91 Å². The lowest BCUT2D eigenvalue weighted by atomic mass is 10.0. The van der Waals surface area contributed by atoms with Crippen molar-refractivity contribution in [2.75, 3.05) is 18.5 Å². The number of carbonyl (C=O) groups excluding carboxylic acids is 1. The van der Waals surface area contributed by atoms with E-state index in [1.54, 1.807) is 18.7 Å². The van der Waals surface area contributed by atoms with Crippen molar-refractivity contribution in [3.63, 3.8) is 0 Å². The SMILES string of the molecule is CC(O)N(CCCOc1ccc2c(c1)NC(=O)CC2)C(C)O. The molecule has 1 aromatic rings. The second-order valence-electron chi connectivity index (χ2n) is 5.57. The van der Waals surface area contributed by atoms with Gasteiger partial charge in [-0.2, -0.15) is 0 Å². The zero-order valence-corrected chi connectivity index (χ0v) is 13.1. The first-order chi connectivity index (χ1) is 10.5. The van der Waals surface area contributed by atoms with Crippen LogP contribution < -0.4 is 10.1 Å². The topological polar surface area (TPSA) is 82.0 Å². The predicted octanol–water partition coefficient (Wildman–Crippen LogP) is 1.32. The Balaban J connectivity index is 1.82. The Morgan fingerprint density at radius 2 is 2.00 bits per heavy atom. The molecule has 6 nitrogen and oxygen atoms in total. The van der Waals surface area contributed by atoms with E-state index in [0.29, 0.717) is 31.7 Å². The summed E-state index contributed by atoms with van der Waals surface area (Å²) in [6.07, 6.45) is 0.582. The molecule has 22 heavy (non-hydrogen) atoms. The van der Waals surface area contributed by atoms with E-state index in [1.165, 1.54) is 0 Å². The Labute approximate surface area is 130 Å². The maximum atomic E-state index is 11.4. The third-order valence-electron chi connectivity index (χ3n) is 3.77. The van der Waals surface area contributed by atoms with Crippen LogP contribution in [-0.4, -0.2) is 46.6 Å². The molecule has 0 saturated heterocycles. The smallest absolute Gasteiger partial charge is 0.224 e. The Kier molecular flexibility index (Phi) is 5.76. The minimum atomic E-state index is -0.695. The molecule has 1 aliphatic rings. The summed E-state index contributed by atoms with van der Waals surface area (Å²) in [7, 11) is 0. The standard InChI is InChI=1S/C16H24N2O4/c1-11(19)18(12(2)20)8-3-9-22-14-6-4-13-5-7-16(21)17-15(13)10-14/h4,6,10-12,19-20H,3,5,7-9H2,1-2H3,(H,17,21). The van der Waals surface area contributed by atoms with Crippen molar-refractivity contribution in [1.29, 1.82) is 0 Å². The molecular weight excluding hydrogens is 284 g/mol. The number of nitrogens with zero attached hydrogens (tertiary/aromatic N) is 1. The molecule has 0 aliphatic carbocycles. The summed E-state index contributed by atoms with van der Waals surface area (Å²) in [6.45, 7) is 4.26. The molecule has 1 aromatic carbocycles. The van der Waals surface area contributed by atoms with Crippen LogP contribution in [0.2, 0.25) is 0 Å². The first-order valence-corrected chi connectivity index (χ1v) is 7.65. The summed E-state index contributed by atoms with van der Waals surface area (Å²) in [4.78, 5) is 13.0. The van der Waals surface area contributed by atoms with Gasteiger partial charge in [-0.25, -0.2) is 0 Å². The first kappa shape index (κ1) is 16.7. The zero-order valence-electron chi connectivity index (χ0n) is 13.1. The number of fused-ring (bicyclic) bond motifs is 1. The molecule has 1 aliphatic heterocycles. The highest BCUT2D eigenvalue weighted by Gasteiger charge is 2.16. The van der Waals surface area contributed by atoms with Crippen molar-refractivity contribution in [1.82, 2.24) is 4.90 Å². The number of aliphatic hydroxyl groups excluding tert-OH is 2. The molecule has 0 spiro atoms. The van der Waals surface area contributed by atoms with Crippen molar-refractivity contribution < 1.29 is 19.7 Å². The largest absolute Gasteiger partial charge is 0.493 e. The van der Waals surface area contributed by atoms with E-state index in [4.69, 9.17) is 4.74 Å². The van der Waals surface area contributed by atoms with Gasteiger partial charge in [0.25, 0.3) is 0 Å². The maximum Gasteiger partial charge on any atom is 0.224 e. The normalized spacial score (nSPS) is 16.9. The zero-order chi connectivity index (χ0) is 16.1. The van der Waals surface area contributed by atoms with Crippen molar-refractivity contribution in [2.24, 2.45) is 0 Å². The lowest BCUT2D eigenvalue weighted by Gasteiger charge is -2.27. The van der Waals surface area contributed by atoms with Gasteiger partial charge in [-0.15, -0.1) is 0 Å². The third kappa shape index (κ3) is 4.43. The van der Waals surface area contributed by atoms with Crippen LogP contribution in [0.3, 0.4) is 0 Å². The molecule has 2 atom stereocenters. The quantitative estimate of drug-likeness (QED) is 0.523. The molecule has 1 heterocycles. The van der Waals surface area contributed by atoms with Crippen LogP contribution in [0, 0.1) is 0 Å². The summed E-state index contributed by atoms with van der Waals surface area (Å²) in [6, 6.07) is 5.72. The second kappa shape index (κ2) is 7.58. The van der Waals surface area contributed by atoms with E-state index < -0.39 is 12.5 Å². The number of rotatable bonds is 7. The molecule has 1 amide bonds. The van der Waals surface area contributed by atoms with Crippen molar-refractivity contribution in [3.8, 4) is 5.75 Å². The van der Waals surface area contributed by atoms with Gasteiger partial charge in [-0.3, -0.25) is 9.69 Å². The molecule has 0 aromatic heterocycles. The minimum absolute atomic E-state index is 0.0363. The van der Waals surface area contributed by atoms with Crippen LogP contribution in [0.5, 0.6) is 5.75 Å². The van der Waals surface area contributed by atoms with Gasteiger partial charge in [-0.1, -0.05) is 6.07 Å². The lowest BCUT2D eigenvalue weighted by Crippen LogP contribution is -2.41. The number of aliphatic hydroxyl groups is 2. The minimum Gasteiger partial charge on any atom is -0.493 e. The molecular formula is C16H24N2O4. The molecule has 0 fully saturated rings. The number of carbonyl (C=O) groups is 1. The fraction of sp³-hybridized carbons (Fsp3) is 0.562. The Morgan fingerprint density at radius 3 is 2.68 bits per heavy atom. The fourth-order valence-corrected chi connectivity index (χ4v) is 2.56. The summed E-state index contributed by atoms with van der Waals surface area (Å²) in [5.41, 5.74) is 1.95. The van der Waals surface area contributed by atoms with Gasteiger partial charge in [0, 0.05) is 24.7 Å². The van der Waals surface area contributed by atoms with Crippen LogP contribution in [0.15, 0.2) is 18.2 Å². The van der Waals surface area contributed by atoms with Crippen LogP contribution in [0.1, 0.15) is 32.3 Å². The molecule has 2 rings (SSSR count). The van der Waals surface area contributed by atoms with E-state index in [2.05, 4.69) is 5.32 Å². The third-order valence-corrected chi connectivity index (χ3v) is 3.77. The number of ether oxygens (including phenoxy) is 1. The van der Waals surface area contributed by atoms with Crippen molar-refractivity contribution in [3.05, 3.63) is 23.8 Å². The van der Waals surface area contributed by atoms with Gasteiger partial charge >= 0.3 is 0 Å². The lowest BCUT2D eigenvalue weighted by molar-refractivity contribution is -0.116. The van der Waals surface area contributed by atoms with Gasteiger partial charge < -0.3 is 20.3 Å². The first-order valence-electron chi connectivity index (χ1n) is 7.65. The highest BCUT2D eigenvalue weighted by Crippen LogP contribution is 2.27. The average Bonchev–Trinajstić information content (AvgIpc) is 2.45. The van der Waals surface area contributed by atoms with Gasteiger partial charge in [-0.05, 0) is 38.3 Å². The van der Waals surface area contributed by atoms with E-state index in [1.807, 2.05) is 18.2 Å². The fourth-order valence-electron chi connectivity index (χ4n) is 2.56. The van der Waals surface area contributed by atoms with Gasteiger partial charge in [0.1, 0.15) is 18.2 Å². The summed E-state index contributed by atoms with van der Waals surface area (Å²) < 4.78 is 5.68. The van der Waals surface area contributed by atoms with E-state index in [0.717, 1.165) is 17.7 Å². The molecule has 0 saturated carbocycles. The highest BCUT2D eigenvalue weighted by atomic mass is 16.5. The summed E-state index contributed by atoms with van der Waals surface area (Å²) in [5, 5.41) is 21.9. The molecule has 2 unspecified atom stereocenters. The maximum absolute atomic E-state index is 11.4. The molecule has 6 heteroatoms. The van der Waals surface area contributed by atoms with Crippen molar-refractivity contribution in [2.45, 2.75) is 45.6 Å². The molecule has 122 valence electrons. The highest BCUT2D eigenvalue weighted by molar-refractivity contribution is 5.94. The Morgan fingerprint density at radius 1 is 1.27 bits per heavy atom. The van der Waals surface area contributed by atoms with Gasteiger partial charge in [0.15, 0.2) is 0 Å². The predicted molar refractivity (Wildman–Crippen MR) is 83.6 cm³/mol. The van der Waals surface area contributed by atoms with E-state index in [9.17, 15) is 15.0 Å². The molecule has 3 N–H and O–H groups in total. The molecule has 0 bridgehead atoms. The number of amides is 1. The van der Waals surface area contributed by atoms with Crippen molar-refractivity contribution >= 4 is 11.6 Å². The van der Waals surface area contributed by atoms with Crippen LogP contribution in [-0.2, 0) is 11.2 Å². The number of aryl methyl sites for hydroxylation is 1. The molecule has 0 radical (unpaired) electrons. The van der Waals surface area contributed by atoms with E-state index in [-0.39, 0.29) is 5.91 Å². The van der Waals surface area contributed by atoms with Crippen LogP contribution in [0.4, 0.5) is 5.69 Å². The Bertz CT molecular complexity index is 509. The average molecular weight is 308 g/mol. The number of hydrogen-bond donors (Lipinski definition) is 3. The number of benzene rings is 1. The monoisotopic (exact) mass is 308 g/mol. The van der Waals surface area contributed by atoms with E-state index >= 15 is 0 Å². The summed E-state index contributed by atoms with van der Waals surface area (Å²) in [5.74, 6) is 0.746. The van der Waals surface area contributed by atoms with Gasteiger partial charge in [0.05, 0.1) is 6.61 Å². The second-order valence-corrected chi connectivity index (χ2v) is 5.57.